The molecule has 1 saturated carbocycles. The lowest BCUT2D eigenvalue weighted by Gasteiger charge is -2.36. The molecule has 4 rings (SSSR count). The Hall–Kier alpha value is -2.29. The number of halogens is 1. The molecule has 0 aromatic heterocycles. The van der Waals surface area contributed by atoms with Crippen LogP contribution in [0.4, 0.5) is 17.1 Å². The van der Waals surface area contributed by atoms with Crippen LogP contribution < -0.4 is 14.9 Å². The van der Waals surface area contributed by atoms with Crippen molar-refractivity contribution >= 4 is 44.6 Å². The van der Waals surface area contributed by atoms with Gasteiger partial charge < -0.3 is 10.2 Å². The van der Waals surface area contributed by atoms with Crippen LogP contribution in [0.3, 0.4) is 0 Å². The number of rotatable bonds is 7. The van der Waals surface area contributed by atoms with Crippen molar-refractivity contribution in [3.05, 3.63) is 53.1 Å². The summed E-state index contributed by atoms with van der Waals surface area (Å²) in [6.07, 6.45) is 3.79. The van der Waals surface area contributed by atoms with E-state index in [1.54, 1.807) is 6.07 Å². The van der Waals surface area contributed by atoms with Crippen molar-refractivity contribution in [3.63, 3.8) is 0 Å². The summed E-state index contributed by atoms with van der Waals surface area (Å²) in [4.78, 5) is 17.6. The molecule has 2 aromatic carbocycles. The van der Waals surface area contributed by atoms with E-state index in [4.69, 9.17) is 11.6 Å². The molecule has 1 aliphatic heterocycles. The third-order valence-electron chi connectivity index (χ3n) is 5.58. The Kier molecular flexibility index (Phi) is 6.41. The monoisotopic (exact) mass is 462 g/mol. The van der Waals surface area contributed by atoms with Gasteiger partial charge in [0.1, 0.15) is 0 Å². The van der Waals surface area contributed by atoms with Crippen LogP contribution in [-0.4, -0.2) is 58.2 Å². The fourth-order valence-electron chi connectivity index (χ4n) is 3.78. The van der Waals surface area contributed by atoms with Crippen LogP contribution in [0.5, 0.6) is 0 Å². The van der Waals surface area contributed by atoms with E-state index < -0.39 is 10.0 Å². The highest BCUT2D eigenvalue weighted by molar-refractivity contribution is 7.92. The molecule has 0 radical (unpaired) electrons. The summed E-state index contributed by atoms with van der Waals surface area (Å²) in [5.41, 5.74) is 2.26. The van der Waals surface area contributed by atoms with Crippen LogP contribution in [-0.2, 0) is 10.0 Å². The number of carbonyl (C=O) groups is 1. The van der Waals surface area contributed by atoms with Crippen molar-refractivity contribution in [2.45, 2.75) is 12.8 Å². The lowest BCUT2D eigenvalue weighted by atomic mass is 10.1. The fraction of sp³-hybridized carbons (Fsp3) is 0.409. The maximum Gasteiger partial charge on any atom is 0.255 e. The summed E-state index contributed by atoms with van der Waals surface area (Å²) in [7, 11) is -3.50. The van der Waals surface area contributed by atoms with Gasteiger partial charge >= 0.3 is 0 Å². The van der Waals surface area contributed by atoms with Gasteiger partial charge in [0.05, 0.1) is 17.0 Å². The first-order valence-corrected chi connectivity index (χ1v) is 12.7. The summed E-state index contributed by atoms with van der Waals surface area (Å²) in [5.74, 6) is 0.575. The highest BCUT2D eigenvalue weighted by Gasteiger charge is 2.26. The van der Waals surface area contributed by atoms with Crippen LogP contribution in [0.25, 0.3) is 0 Å². The minimum Gasteiger partial charge on any atom is -0.369 e. The first kappa shape index (κ1) is 21.9. The molecule has 31 heavy (non-hydrogen) atoms. The number of anilines is 3. The second-order valence-corrected chi connectivity index (χ2v) is 10.5. The Morgan fingerprint density at radius 1 is 1.10 bits per heavy atom. The van der Waals surface area contributed by atoms with Gasteiger partial charge in [-0.3, -0.25) is 14.4 Å². The number of nitrogens with zero attached hydrogens (tertiary/aromatic N) is 2. The Balaban J connectivity index is 1.40. The van der Waals surface area contributed by atoms with Gasteiger partial charge in [0.25, 0.3) is 5.91 Å². The Morgan fingerprint density at radius 2 is 1.84 bits per heavy atom. The number of hydrogen-bond acceptors (Lipinski definition) is 5. The standard InChI is InChI=1S/C22H27ClN4O3S/c1-31(29,30)25-21-13-17(7-8-20(21)23)22(28)24-18-3-2-4-19(14-18)27-11-9-26(10-12-27)15-16-5-6-16/h2-4,7-8,13-14,16,25H,5-6,9-12,15H2,1H3,(H,24,28). The van der Waals surface area contributed by atoms with Gasteiger partial charge in [0, 0.05) is 49.7 Å². The average molecular weight is 463 g/mol. The molecule has 2 N–H and O–H groups in total. The van der Waals surface area contributed by atoms with Gasteiger partial charge in [-0.25, -0.2) is 8.42 Å². The highest BCUT2D eigenvalue weighted by Crippen LogP contribution is 2.30. The van der Waals surface area contributed by atoms with E-state index in [1.165, 1.54) is 31.5 Å². The Bertz CT molecular complexity index is 1060. The van der Waals surface area contributed by atoms with Crippen LogP contribution in [0.1, 0.15) is 23.2 Å². The van der Waals surface area contributed by atoms with Crippen LogP contribution in [0, 0.1) is 5.92 Å². The number of carbonyl (C=O) groups excluding carboxylic acids is 1. The van der Waals surface area contributed by atoms with E-state index in [0.717, 1.165) is 44.0 Å². The maximum absolute atomic E-state index is 12.7. The maximum atomic E-state index is 12.7. The second kappa shape index (κ2) is 9.06. The molecule has 2 fully saturated rings. The van der Waals surface area contributed by atoms with Gasteiger partial charge in [-0.15, -0.1) is 0 Å². The summed E-state index contributed by atoms with van der Waals surface area (Å²) in [6, 6.07) is 12.3. The van der Waals surface area contributed by atoms with Gasteiger partial charge in [0.2, 0.25) is 10.0 Å². The zero-order valence-electron chi connectivity index (χ0n) is 17.5. The zero-order chi connectivity index (χ0) is 22.0. The second-order valence-electron chi connectivity index (χ2n) is 8.30. The molecule has 0 spiro atoms. The van der Waals surface area contributed by atoms with Crippen LogP contribution in [0.2, 0.25) is 5.02 Å². The number of amides is 1. The quantitative estimate of drug-likeness (QED) is 0.658. The van der Waals surface area contributed by atoms with E-state index >= 15 is 0 Å². The first-order chi connectivity index (χ1) is 14.8. The van der Waals surface area contributed by atoms with E-state index in [2.05, 4.69) is 25.9 Å². The number of benzene rings is 2. The van der Waals surface area contributed by atoms with Crippen LogP contribution in [0.15, 0.2) is 42.5 Å². The molecule has 0 atom stereocenters. The summed E-state index contributed by atoms with van der Waals surface area (Å²) >= 11 is 6.05. The molecule has 1 saturated heterocycles. The molecule has 0 unspecified atom stereocenters. The minimum atomic E-state index is -3.50. The predicted octanol–water partition coefficient (Wildman–Crippen LogP) is 3.50. The van der Waals surface area contributed by atoms with E-state index in [1.807, 2.05) is 18.2 Å². The zero-order valence-corrected chi connectivity index (χ0v) is 19.0. The molecule has 7 nitrogen and oxygen atoms in total. The first-order valence-electron chi connectivity index (χ1n) is 10.4. The third kappa shape index (κ3) is 6.12. The Labute approximate surface area is 188 Å². The fourth-order valence-corrected chi connectivity index (χ4v) is 4.57. The number of piperazine rings is 1. The van der Waals surface area contributed by atoms with Crippen molar-refractivity contribution in [1.29, 1.82) is 0 Å². The Morgan fingerprint density at radius 3 is 2.52 bits per heavy atom. The topological polar surface area (TPSA) is 81.7 Å². The van der Waals surface area contributed by atoms with Gasteiger partial charge in [-0.05, 0) is 55.2 Å². The van der Waals surface area contributed by atoms with E-state index in [9.17, 15) is 13.2 Å². The number of sulfonamides is 1. The average Bonchev–Trinajstić information content (AvgIpc) is 3.53. The molecular formula is C22H27ClN4O3S. The van der Waals surface area contributed by atoms with Gasteiger partial charge in [-0.1, -0.05) is 17.7 Å². The predicted molar refractivity (Wildman–Crippen MR) is 126 cm³/mol. The lowest BCUT2D eigenvalue weighted by molar-refractivity contribution is 0.102. The SMILES string of the molecule is CS(=O)(=O)Nc1cc(C(=O)Nc2cccc(N3CCN(CC4CC4)CC3)c2)ccc1Cl. The smallest absolute Gasteiger partial charge is 0.255 e. The number of nitrogens with one attached hydrogen (secondary N) is 2. The van der Waals surface area contributed by atoms with E-state index in [0.29, 0.717) is 11.3 Å². The van der Waals surface area contributed by atoms with Gasteiger partial charge in [-0.2, -0.15) is 0 Å². The lowest BCUT2D eigenvalue weighted by Crippen LogP contribution is -2.47. The van der Waals surface area contributed by atoms with Crippen molar-refractivity contribution in [2.24, 2.45) is 5.92 Å². The van der Waals surface area contributed by atoms with Gasteiger partial charge in [0.15, 0.2) is 0 Å². The molecule has 1 aliphatic carbocycles. The van der Waals surface area contributed by atoms with Crippen molar-refractivity contribution in [2.75, 3.05) is 53.9 Å². The molecule has 1 heterocycles. The molecule has 2 aromatic rings. The summed E-state index contributed by atoms with van der Waals surface area (Å²) < 4.78 is 25.4. The van der Waals surface area contributed by atoms with E-state index in [-0.39, 0.29) is 16.6 Å². The highest BCUT2D eigenvalue weighted by atomic mass is 35.5. The molecule has 0 bridgehead atoms. The van der Waals surface area contributed by atoms with Crippen molar-refractivity contribution in [1.82, 2.24) is 4.90 Å². The van der Waals surface area contributed by atoms with Crippen molar-refractivity contribution in [3.8, 4) is 0 Å². The molecule has 166 valence electrons. The third-order valence-corrected chi connectivity index (χ3v) is 6.50. The van der Waals surface area contributed by atoms with Crippen molar-refractivity contribution < 1.29 is 13.2 Å². The molecule has 1 amide bonds. The molecular weight excluding hydrogens is 436 g/mol. The largest absolute Gasteiger partial charge is 0.369 e. The van der Waals surface area contributed by atoms with Crippen LogP contribution >= 0.6 is 11.6 Å². The summed E-state index contributed by atoms with van der Waals surface area (Å²) in [5, 5.41) is 3.12. The summed E-state index contributed by atoms with van der Waals surface area (Å²) in [6.45, 7) is 5.30. The number of hydrogen-bond donors (Lipinski definition) is 2. The minimum absolute atomic E-state index is 0.176. The normalized spacial score (nSPS) is 17.4. The molecule has 2 aliphatic rings. The molecule has 9 heteroatoms.